The van der Waals surface area contributed by atoms with Crippen LogP contribution in [0.5, 0.6) is 0 Å². The summed E-state index contributed by atoms with van der Waals surface area (Å²) in [5.74, 6) is -0.820. The van der Waals surface area contributed by atoms with Gasteiger partial charge in [0.2, 0.25) is 17.7 Å². The van der Waals surface area contributed by atoms with Crippen LogP contribution < -0.4 is 5.32 Å². The fourth-order valence-electron chi connectivity index (χ4n) is 3.29. The topological polar surface area (TPSA) is 66.5 Å². The Hall–Kier alpha value is -1.39. The molecule has 5 nitrogen and oxygen atoms in total. The van der Waals surface area contributed by atoms with Crippen LogP contribution in [0.15, 0.2) is 0 Å². The van der Waals surface area contributed by atoms with Crippen molar-refractivity contribution in [3.05, 3.63) is 0 Å². The van der Waals surface area contributed by atoms with Crippen molar-refractivity contribution < 1.29 is 14.4 Å². The van der Waals surface area contributed by atoms with E-state index in [-0.39, 0.29) is 35.6 Å². The van der Waals surface area contributed by atoms with Crippen molar-refractivity contribution in [1.29, 1.82) is 0 Å². The van der Waals surface area contributed by atoms with E-state index in [0.29, 0.717) is 6.42 Å². The highest BCUT2D eigenvalue weighted by atomic mass is 16.2. The van der Waals surface area contributed by atoms with Crippen molar-refractivity contribution in [2.45, 2.75) is 52.5 Å². The molecule has 1 heterocycles. The van der Waals surface area contributed by atoms with E-state index in [1.54, 1.807) is 0 Å². The molecule has 3 amide bonds. The maximum absolute atomic E-state index is 12.7. The monoisotopic (exact) mass is 266 g/mol. The van der Waals surface area contributed by atoms with Gasteiger partial charge < -0.3 is 4.90 Å². The lowest BCUT2D eigenvalue weighted by atomic mass is 9.80. The first-order valence-electron chi connectivity index (χ1n) is 7.01. The van der Waals surface area contributed by atoms with E-state index >= 15 is 0 Å². The highest BCUT2D eigenvalue weighted by Gasteiger charge is 2.45. The molecule has 5 heteroatoms. The number of nitrogens with zero attached hydrogens (tertiary/aromatic N) is 1. The van der Waals surface area contributed by atoms with E-state index in [9.17, 15) is 14.4 Å². The number of carbonyl (C=O) groups is 3. The second kappa shape index (κ2) is 4.94. The molecule has 0 aromatic rings. The van der Waals surface area contributed by atoms with Gasteiger partial charge >= 0.3 is 0 Å². The number of amides is 3. The fourth-order valence-corrected chi connectivity index (χ4v) is 3.29. The highest BCUT2D eigenvalue weighted by molar-refractivity contribution is 6.04. The number of nitrogens with one attached hydrogen (secondary N) is 1. The minimum absolute atomic E-state index is 0.00958. The van der Waals surface area contributed by atoms with E-state index in [1.165, 1.54) is 4.90 Å². The van der Waals surface area contributed by atoms with Gasteiger partial charge in [0.25, 0.3) is 0 Å². The lowest BCUT2D eigenvalue weighted by Gasteiger charge is -2.38. The number of hydrogen-bond donors (Lipinski definition) is 1. The Labute approximate surface area is 113 Å². The van der Waals surface area contributed by atoms with Crippen molar-refractivity contribution in [2.24, 2.45) is 11.3 Å². The molecule has 0 spiro atoms. The van der Waals surface area contributed by atoms with E-state index < -0.39 is 6.04 Å². The second-order valence-electron chi connectivity index (χ2n) is 6.24. The molecule has 0 bridgehead atoms. The number of imide groups is 1. The molecule has 2 rings (SSSR count). The lowest BCUT2D eigenvalue weighted by molar-refractivity contribution is -0.154. The summed E-state index contributed by atoms with van der Waals surface area (Å²) >= 11 is 0. The quantitative estimate of drug-likeness (QED) is 0.760. The molecule has 2 aliphatic rings. The first-order chi connectivity index (χ1) is 8.86. The molecular weight excluding hydrogens is 244 g/mol. The van der Waals surface area contributed by atoms with E-state index in [0.717, 1.165) is 19.3 Å². The summed E-state index contributed by atoms with van der Waals surface area (Å²) in [7, 11) is 0. The van der Waals surface area contributed by atoms with Crippen molar-refractivity contribution in [3.63, 3.8) is 0 Å². The van der Waals surface area contributed by atoms with Crippen LogP contribution in [0.3, 0.4) is 0 Å². The van der Waals surface area contributed by atoms with E-state index in [1.807, 2.05) is 6.92 Å². The number of piperazine rings is 1. The van der Waals surface area contributed by atoms with Gasteiger partial charge in [0.05, 0.1) is 0 Å². The van der Waals surface area contributed by atoms with Crippen LogP contribution >= 0.6 is 0 Å². The van der Waals surface area contributed by atoms with Gasteiger partial charge in [0.1, 0.15) is 12.6 Å². The zero-order valence-electron chi connectivity index (χ0n) is 11.9. The molecule has 2 fully saturated rings. The Morgan fingerprint density at radius 1 is 1.42 bits per heavy atom. The number of hydrogen-bond acceptors (Lipinski definition) is 3. The molecule has 1 saturated heterocycles. The van der Waals surface area contributed by atoms with Gasteiger partial charge in [-0.3, -0.25) is 19.7 Å². The Kier molecular flexibility index (Phi) is 3.65. The van der Waals surface area contributed by atoms with Crippen LogP contribution in [0, 0.1) is 11.3 Å². The third-order valence-electron chi connectivity index (χ3n) is 4.48. The molecule has 1 aliphatic carbocycles. The van der Waals surface area contributed by atoms with Gasteiger partial charge in [-0.05, 0) is 24.7 Å². The molecule has 0 aromatic carbocycles. The maximum atomic E-state index is 12.7. The number of rotatable bonds is 2. The van der Waals surface area contributed by atoms with Crippen LogP contribution in [0.4, 0.5) is 0 Å². The molecule has 1 saturated carbocycles. The van der Waals surface area contributed by atoms with Crippen molar-refractivity contribution in [1.82, 2.24) is 10.2 Å². The minimum Gasteiger partial charge on any atom is -0.321 e. The summed E-state index contributed by atoms with van der Waals surface area (Å²) in [4.78, 5) is 37.5. The summed E-state index contributed by atoms with van der Waals surface area (Å²) in [6, 6.07) is -0.499. The van der Waals surface area contributed by atoms with Gasteiger partial charge in [-0.15, -0.1) is 0 Å². The third kappa shape index (κ3) is 2.51. The van der Waals surface area contributed by atoms with Gasteiger partial charge in [-0.25, -0.2) is 0 Å². The lowest BCUT2D eigenvalue weighted by Crippen LogP contribution is -2.61. The van der Waals surface area contributed by atoms with E-state index in [4.69, 9.17) is 0 Å². The molecule has 0 radical (unpaired) electrons. The first kappa shape index (κ1) is 14.0. The first-order valence-corrected chi connectivity index (χ1v) is 7.01. The number of carbonyl (C=O) groups excluding carboxylic acids is 3. The predicted molar refractivity (Wildman–Crippen MR) is 70.1 cm³/mol. The zero-order chi connectivity index (χ0) is 14.2. The fraction of sp³-hybridized carbons (Fsp3) is 0.786. The van der Waals surface area contributed by atoms with Crippen LogP contribution in [0.2, 0.25) is 0 Å². The molecule has 106 valence electrons. The normalized spacial score (nSPS) is 30.4. The summed E-state index contributed by atoms with van der Waals surface area (Å²) in [5, 5.41) is 2.30. The van der Waals surface area contributed by atoms with Crippen LogP contribution in [-0.4, -0.2) is 35.2 Å². The maximum Gasteiger partial charge on any atom is 0.249 e. The van der Waals surface area contributed by atoms with Gasteiger partial charge in [0.15, 0.2) is 0 Å². The molecule has 1 aliphatic heterocycles. The Morgan fingerprint density at radius 2 is 2.11 bits per heavy atom. The van der Waals surface area contributed by atoms with Crippen molar-refractivity contribution in [3.8, 4) is 0 Å². The Morgan fingerprint density at radius 3 is 2.63 bits per heavy atom. The summed E-state index contributed by atoms with van der Waals surface area (Å²) in [6.45, 7) is 6.06. The average molecular weight is 266 g/mol. The average Bonchev–Trinajstić information content (AvgIpc) is 2.67. The molecule has 0 aromatic heterocycles. The Balaban J connectivity index is 2.21. The standard InChI is InChI=1S/C14H22N2O3/c1-4-10-12(18)15-11(17)8-16(10)13(19)9-6-5-7-14(9,2)3/h9-10H,4-8H2,1-3H3,(H,15,17,18). The Bertz CT molecular complexity index is 417. The molecule has 2 atom stereocenters. The summed E-state index contributed by atoms with van der Waals surface area (Å²) in [5.41, 5.74) is -0.0354. The second-order valence-corrected chi connectivity index (χ2v) is 6.24. The largest absolute Gasteiger partial charge is 0.321 e. The van der Waals surface area contributed by atoms with Crippen LogP contribution in [-0.2, 0) is 14.4 Å². The van der Waals surface area contributed by atoms with Crippen LogP contribution in [0.1, 0.15) is 46.5 Å². The van der Waals surface area contributed by atoms with Gasteiger partial charge in [-0.1, -0.05) is 27.2 Å². The smallest absolute Gasteiger partial charge is 0.249 e. The van der Waals surface area contributed by atoms with Gasteiger partial charge in [-0.2, -0.15) is 0 Å². The summed E-state index contributed by atoms with van der Waals surface area (Å²) < 4.78 is 0. The molecule has 1 N–H and O–H groups in total. The third-order valence-corrected chi connectivity index (χ3v) is 4.48. The molecular formula is C14H22N2O3. The zero-order valence-corrected chi connectivity index (χ0v) is 11.9. The highest BCUT2D eigenvalue weighted by Crippen LogP contribution is 2.43. The van der Waals surface area contributed by atoms with Crippen molar-refractivity contribution >= 4 is 17.7 Å². The van der Waals surface area contributed by atoms with Crippen LogP contribution in [0.25, 0.3) is 0 Å². The van der Waals surface area contributed by atoms with Gasteiger partial charge in [0, 0.05) is 5.92 Å². The van der Waals surface area contributed by atoms with Crippen molar-refractivity contribution in [2.75, 3.05) is 6.54 Å². The molecule has 2 unspecified atom stereocenters. The predicted octanol–water partition coefficient (Wildman–Crippen LogP) is 1.08. The SMILES string of the molecule is CCC1C(=O)NC(=O)CN1C(=O)C1CCCC1(C)C. The van der Waals surface area contributed by atoms with E-state index in [2.05, 4.69) is 19.2 Å². The summed E-state index contributed by atoms with van der Waals surface area (Å²) in [6.07, 6.45) is 3.45. The minimum atomic E-state index is -0.499. The molecule has 19 heavy (non-hydrogen) atoms.